The van der Waals surface area contributed by atoms with E-state index in [0.717, 1.165) is 29.7 Å². The van der Waals surface area contributed by atoms with Crippen molar-refractivity contribution in [3.8, 4) is 11.5 Å². The maximum absolute atomic E-state index is 12.5. The molecule has 6 nitrogen and oxygen atoms in total. The number of piperidine rings is 1. The topological polar surface area (TPSA) is 67.9 Å². The van der Waals surface area contributed by atoms with E-state index in [1.165, 1.54) is 5.56 Å². The van der Waals surface area contributed by atoms with Crippen LogP contribution in [0.1, 0.15) is 29.5 Å². The fourth-order valence-electron chi connectivity index (χ4n) is 3.52. The van der Waals surface area contributed by atoms with Gasteiger partial charge in [-0.2, -0.15) is 0 Å². The average molecular weight is 411 g/mol. The smallest absolute Gasteiger partial charge is 0.258 e. The van der Waals surface area contributed by atoms with Crippen molar-refractivity contribution in [1.82, 2.24) is 10.2 Å². The molecule has 0 aliphatic carbocycles. The number of nitrogens with one attached hydrogen (secondary N) is 1. The molecule has 2 amide bonds. The van der Waals surface area contributed by atoms with Crippen LogP contribution in [0.4, 0.5) is 0 Å². The van der Waals surface area contributed by atoms with Crippen LogP contribution in [0, 0.1) is 13.8 Å². The van der Waals surface area contributed by atoms with Crippen molar-refractivity contribution in [2.24, 2.45) is 0 Å². The second kappa shape index (κ2) is 10.1. The number of benzene rings is 2. The molecule has 0 spiro atoms. The molecule has 2 aromatic carbocycles. The Morgan fingerprint density at radius 2 is 1.67 bits per heavy atom. The Balaban J connectivity index is 1.39. The number of likely N-dealkylation sites (tertiary alicyclic amines) is 1. The van der Waals surface area contributed by atoms with E-state index < -0.39 is 0 Å². The lowest BCUT2D eigenvalue weighted by molar-refractivity contribution is -0.131. The summed E-state index contributed by atoms with van der Waals surface area (Å²) in [4.78, 5) is 26.6. The van der Waals surface area contributed by atoms with Crippen LogP contribution in [-0.4, -0.2) is 49.6 Å². The fourth-order valence-corrected chi connectivity index (χ4v) is 3.52. The summed E-state index contributed by atoms with van der Waals surface area (Å²) in [5.41, 5.74) is 3.31. The Kier molecular flexibility index (Phi) is 7.33. The van der Waals surface area contributed by atoms with Gasteiger partial charge in [-0.3, -0.25) is 9.59 Å². The maximum Gasteiger partial charge on any atom is 0.258 e. The minimum atomic E-state index is -0.128. The number of nitrogens with zero attached hydrogens (tertiary/aromatic N) is 1. The van der Waals surface area contributed by atoms with Crippen LogP contribution < -0.4 is 14.8 Å². The van der Waals surface area contributed by atoms with Gasteiger partial charge in [-0.05, 0) is 67.6 Å². The number of hydrogen-bond donors (Lipinski definition) is 1. The van der Waals surface area contributed by atoms with Gasteiger partial charge in [-0.15, -0.1) is 0 Å². The quantitative estimate of drug-likeness (QED) is 0.762. The number of amides is 2. The summed E-state index contributed by atoms with van der Waals surface area (Å²) in [5, 5.41) is 3.02. The zero-order chi connectivity index (χ0) is 21.5. The molecule has 0 atom stereocenters. The van der Waals surface area contributed by atoms with Crippen molar-refractivity contribution in [1.29, 1.82) is 0 Å². The monoisotopic (exact) mass is 410 g/mol. The van der Waals surface area contributed by atoms with Crippen molar-refractivity contribution in [3.63, 3.8) is 0 Å². The normalized spacial score (nSPS) is 14.3. The molecule has 1 saturated heterocycles. The Labute approximate surface area is 178 Å². The Bertz CT molecular complexity index is 871. The van der Waals surface area contributed by atoms with Gasteiger partial charge in [0.2, 0.25) is 5.91 Å². The second-order valence-corrected chi connectivity index (χ2v) is 7.78. The number of ether oxygens (including phenoxy) is 2. The van der Waals surface area contributed by atoms with Crippen LogP contribution >= 0.6 is 0 Å². The van der Waals surface area contributed by atoms with E-state index in [4.69, 9.17) is 9.47 Å². The first kappa shape index (κ1) is 21.7. The summed E-state index contributed by atoms with van der Waals surface area (Å²) >= 11 is 0. The van der Waals surface area contributed by atoms with Crippen LogP contribution in [-0.2, 0) is 16.0 Å². The van der Waals surface area contributed by atoms with Gasteiger partial charge in [0.1, 0.15) is 11.5 Å². The first-order valence-corrected chi connectivity index (χ1v) is 10.3. The molecule has 0 radical (unpaired) electrons. The molecule has 160 valence electrons. The number of rotatable bonds is 7. The molecular formula is C24H30N2O4. The van der Waals surface area contributed by atoms with Gasteiger partial charge in [0.15, 0.2) is 6.61 Å². The van der Waals surface area contributed by atoms with Crippen LogP contribution in [0.25, 0.3) is 0 Å². The van der Waals surface area contributed by atoms with E-state index in [1.807, 2.05) is 61.2 Å². The minimum absolute atomic E-state index is 0.000878. The van der Waals surface area contributed by atoms with Crippen LogP contribution in [0.15, 0.2) is 42.5 Å². The van der Waals surface area contributed by atoms with Crippen LogP contribution in [0.5, 0.6) is 11.5 Å². The molecule has 1 fully saturated rings. The Morgan fingerprint density at radius 1 is 1.00 bits per heavy atom. The molecule has 3 rings (SSSR count). The zero-order valence-electron chi connectivity index (χ0n) is 17.9. The number of aryl methyl sites for hydroxylation is 2. The number of carbonyl (C=O) groups is 2. The molecule has 0 bridgehead atoms. The molecule has 2 aromatic rings. The van der Waals surface area contributed by atoms with E-state index >= 15 is 0 Å². The molecule has 1 aliphatic rings. The third-order valence-corrected chi connectivity index (χ3v) is 5.58. The lowest BCUT2D eigenvalue weighted by Gasteiger charge is -2.32. The Hall–Kier alpha value is -3.02. The molecule has 30 heavy (non-hydrogen) atoms. The summed E-state index contributed by atoms with van der Waals surface area (Å²) in [6, 6.07) is 13.4. The van der Waals surface area contributed by atoms with Crippen molar-refractivity contribution in [2.45, 2.75) is 39.2 Å². The number of methoxy groups -OCH3 is 1. The van der Waals surface area contributed by atoms with Gasteiger partial charge in [-0.1, -0.05) is 18.2 Å². The highest BCUT2D eigenvalue weighted by atomic mass is 16.5. The lowest BCUT2D eigenvalue weighted by atomic mass is 10.0. The van der Waals surface area contributed by atoms with E-state index in [1.54, 1.807) is 7.11 Å². The summed E-state index contributed by atoms with van der Waals surface area (Å²) in [6.45, 7) is 5.36. The zero-order valence-corrected chi connectivity index (χ0v) is 17.9. The summed E-state index contributed by atoms with van der Waals surface area (Å²) < 4.78 is 10.7. The van der Waals surface area contributed by atoms with E-state index in [-0.39, 0.29) is 24.5 Å². The van der Waals surface area contributed by atoms with Gasteiger partial charge in [-0.25, -0.2) is 0 Å². The first-order chi connectivity index (χ1) is 14.4. The van der Waals surface area contributed by atoms with Gasteiger partial charge < -0.3 is 19.7 Å². The summed E-state index contributed by atoms with van der Waals surface area (Å²) in [6.07, 6.45) is 1.89. The van der Waals surface area contributed by atoms with Gasteiger partial charge >= 0.3 is 0 Å². The van der Waals surface area contributed by atoms with Crippen LogP contribution in [0.3, 0.4) is 0 Å². The second-order valence-electron chi connectivity index (χ2n) is 7.78. The number of hydrogen-bond acceptors (Lipinski definition) is 4. The van der Waals surface area contributed by atoms with Gasteiger partial charge in [0.25, 0.3) is 5.91 Å². The standard InChI is InChI=1S/C24H30N2O4/c1-17-4-7-22(14-18(17)2)30-16-23(27)25-20-10-12-26(13-11-20)24(28)15-19-5-8-21(29-3)9-6-19/h4-9,14,20H,10-13,15-16H2,1-3H3,(H,25,27). The first-order valence-electron chi connectivity index (χ1n) is 10.3. The van der Waals surface area contributed by atoms with Crippen molar-refractivity contribution < 1.29 is 19.1 Å². The molecule has 1 N–H and O–H groups in total. The fraction of sp³-hybridized carbons (Fsp3) is 0.417. The molecule has 1 aliphatic heterocycles. The molecule has 0 aromatic heterocycles. The third-order valence-electron chi connectivity index (χ3n) is 5.58. The van der Waals surface area contributed by atoms with E-state index in [0.29, 0.717) is 25.3 Å². The highest BCUT2D eigenvalue weighted by Gasteiger charge is 2.24. The highest BCUT2D eigenvalue weighted by Crippen LogP contribution is 2.17. The van der Waals surface area contributed by atoms with Gasteiger partial charge in [0.05, 0.1) is 13.5 Å². The lowest BCUT2D eigenvalue weighted by Crippen LogP contribution is -2.47. The van der Waals surface area contributed by atoms with E-state index in [2.05, 4.69) is 5.32 Å². The molecule has 0 saturated carbocycles. The Morgan fingerprint density at radius 3 is 2.30 bits per heavy atom. The molecule has 0 unspecified atom stereocenters. The largest absolute Gasteiger partial charge is 0.497 e. The third kappa shape index (κ3) is 5.99. The SMILES string of the molecule is COc1ccc(CC(=O)N2CCC(NC(=O)COc3ccc(C)c(C)c3)CC2)cc1. The predicted molar refractivity (Wildman–Crippen MR) is 116 cm³/mol. The highest BCUT2D eigenvalue weighted by molar-refractivity contribution is 5.79. The average Bonchev–Trinajstić information content (AvgIpc) is 2.75. The molecular weight excluding hydrogens is 380 g/mol. The molecule has 1 heterocycles. The van der Waals surface area contributed by atoms with Crippen molar-refractivity contribution >= 4 is 11.8 Å². The number of carbonyl (C=O) groups excluding carboxylic acids is 2. The van der Waals surface area contributed by atoms with Crippen molar-refractivity contribution in [3.05, 3.63) is 59.2 Å². The van der Waals surface area contributed by atoms with E-state index in [9.17, 15) is 9.59 Å². The van der Waals surface area contributed by atoms with Crippen LogP contribution in [0.2, 0.25) is 0 Å². The minimum Gasteiger partial charge on any atom is -0.497 e. The summed E-state index contributed by atoms with van der Waals surface area (Å²) in [5.74, 6) is 1.47. The predicted octanol–water partition coefficient (Wildman–Crippen LogP) is 3.04. The van der Waals surface area contributed by atoms with Gasteiger partial charge in [0, 0.05) is 19.1 Å². The molecule has 6 heteroatoms. The maximum atomic E-state index is 12.5. The summed E-state index contributed by atoms with van der Waals surface area (Å²) in [7, 11) is 1.62. The van der Waals surface area contributed by atoms with Crippen molar-refractivity contribution in [2.75, 3.05) is 26.8 Å².